The van der Waals surface area contributed by atoms with Gasteiger partial charge in [-0.25, -0.2) is 0 Å². The lowest BCUT2D eigenvalue weighted by Gasteiger charge is -2.14. The monoisotopic (exact) mass is 350 g/mol. The summed E-state index contributed by atoms with van der Waals surface area (Å²) < 4.78 is -2.08. The van der Waals surface area contributed by atoms with Gasteiger partial charge in [0.2, 0.25) is 15.9 Å². The summed E-state index contributed by atoms with van der Waals surface area (Å²) in [5, 5.41) is -0.563. The number of carbonyl (C=O) groups excluding carboxylic acids is 2. The van der Waals surface area contributed by atoms with Crippen LogP contribution in [-0.4, -0.2) is 11.6 Å². The molecule has 1 aromatic carbocycles. The molecule has 8 heteroatoms. The number of fused-ring (bicyclic) bond motifs is 1. The first-order valence-electron chi connectivity index (χ1n) is 4.04. The van der Waals surface area contributed by atoms with Gasteiger partial charge in [0.05, 0.1) is 25.7 Å². The average molecular weight is 353 g/mol. The van der Waals surface area contributed by atoms with Crippen molar-refractivity contribution in [1.82, 2.24) is 0 Å². The highest BCUT2D eigenvalue weighted by atomic mass is 35.5. The highest BCUT2D eigenvalue weighted by Crippen LogP contribution is 2.53. The van der Waals surface area contributed by atoms with Crippen LogP contribution in [0.2, 0.25) is 20.1 Å². The zero-order valence-electron chi connectivity index (χ0n) is 7.58. The smallest absolute Gasteiger partial charge is 0.243 e. The van der Waals surface area contributed by atoms with Crippen LogP contribution in [0.25, 0.3) is 0 Å². The maximum Gasteiger partial charge on any atom is 0.243 e. The summed E-state index contributed by atoms with van der Waals surface area (Å²) in [7, 11) is 0. The molecule has 0 amide bonds. The van der Waals surface area contributed by atoms with Crippen molar-refractivity contribution in [1.29, 1.82) is 0 Å². The Morgan fingerprint density at radius 3 is 1.76 bits per heavy atom. The molecule has 0 N–H and O–H groups in total. The predicted octanol–water partition coefficient (Wildman–Crippen LogP) is 4.70. The molecule has 0 fully saturated rings. The number of Topliss-reactive ketones (excluding diaryl/α,β-unsaturated/α-hetero) is 2. The fraction of sp³-hybridized carbons (Fsp3) is 0.111. The Labute approximate surface area is 126 Å². The van der Waals surface area contributed by atoms with Gasteiger partial charge in [0.25, 0.3) is 0 Å². The van der Waals surface area contributed by atoms with Crippen LogP contribution in [0.3, 0.4) is 0 Å². The fourth-order valence-corrected chi connectivity index (χ4v) is 3.24. The molecule has 1 aromatic rings. The number of hydrogen-bond donors (Lipinski definition) is 0. The van der Waals surface area contributed by atoms with Crippen LogP contribution in [0.1, 0.15) is 15.9 Å². The van der Waals surface area contributed by atoms with Crippen LogP contribution in [-0.2, 0) is 9.13 Å². The summed E-state index contributed by atoms with van der Waals surface area (Å²) in [6, 6.07) is 0. The minimum Gasteiger partial charge on any atom is -0.287 e. The lowest BCUT2D eigenvalue weighted by atomic mass is 10.1. The van der Waals surface area contributed by atoms with Crippen molar-refractivity contribution in [2.75, 3.05) is 0 Å². The van der Waals surface area contributed by atoms with E-state index in [9.17, 15) is 9.59 Å². The highest BCUT2D eigenvalue weighted by molar-refractivity contribution is 6.73. The van der Waals surface area contributed by atoms with Crippen molar-refractivity contribution >= 4 is 81.2 Å². The molecular formula is C9Cl6O2. The van der Waals surface area contributed by atoms with Crippen molar-refractivity contribution < 1.29 is 9.59 Å². The van der Waals surface area contributed by atoms with Gasteiger partial charge in [-0.15, -0.1) is 0 Å². The molecule has 0 heterocycles. The highest BCUT2D eigenvalue weighted by Gasteiger charge is 2.53. The number of rotatable bonds is 0. The second-order valence-electron chi connectivity index (χ2n) is 3.24. The van der Waals surface area contributed by atoms with E-state index in [4.69, 9.17) is 69.6 Å². The van der Waals surface area contributed by atoms with E-state index in [0.29, 0.717) is 0 Å². The zero-order valence-corrected chi connectivity index (χ0v) is 12.1. The third kappa shape index (κ3) is 1.70. The van der Waals surface area contributed by atoms with E-state index in [1.54, 1.807) is 0 Å². The Bertz CT molecular complexity index is 578. The van der Waals surface area contributed by atoms with Gasteiger partial charge in [-0.2, -0.15) is 0 Å². The number of benzene rings is 1. The van der Waals surface area contributed by atoms with Crippen LogP contribution in [0, 0.1) is 0 Å². The molecule has 2 rings (SSSR count). The Hall–Kier alpha value is 0.300. The summed E-state index contributed by atoms with van der Waals surface area (Å²) in [4.78, 5) is 23.3. The summed E-state index contributed by atoms with van der Waals surface area (Å²) in [6.45, 7) is 0. The average Bonchev–Trinajstić information content (AvgIpc) is 2.44. The van der Waals surface area contributed by atoms with Gasteiger partial charge in [-0.1, -0.05) is 69.6 Å². The maximum absolute atomic E-state index is 11.7. The largest absolute Gasteiger partial charge is 0.287 e. The molecule has 0 spiro atoms. The van der Waals surface area contributed by atoms with Crippen molar-refractivity contribution in [3.8, 4) is 0 Å². The molecule has 0 saturated heterocycles. The Kier molecular flexibility index (Phi) is 3.36. The fourth-order valence-electron chi connectivity index (χ4n) is 1.51. The van der Waals surface area contributed by atoms with Gasteiger partial charge in [0.15, 0.2) is 0 Å². The third-order valence-electron chi connectivity index (χ3n) is 2.30. The Morgan fingerprint density at radius 2 is 1.24 bits per heavy atom. The van der Waals surface area contributed by atoms with Crippen LogP contribution >= 0.6 is 69.6 Å². The summed E-state index contributed by atoms with van der Waals surface area (Å²) in [6.07, 6.45) is 0. The van der Waals surface area contributed by atoms with E-state index < -0.39 is 15.9 Å². The van der Waals surface area contributed by atoms with Gasteiger partial charge >= 0.3 is 0 Å². The standard InChI is InChI=1S/C9Cl6O2/c10-3-1-2(4(11)6(13)5(3)12)9(14,15)8(17)7(1)16. The molecule has 1 aliphatic rings. The van der Waals surface area contributed by atoms with Gasteiger partial charge < -0.3 is 0 Å². The van der Waals surface area contributed by atoms with E-state index in [2.05, 4.69) is 0 Å². The van der Waals surface area contributed by atoms with Gasteiger partial charge in [-0.3, -0.25) is 9.59 Å². The first-order chi connectivity index (χ1) is 7.71. The molecule has 0 aromatic heterocycles. The molecule has 0 aliphatic heterocycles. The second kappa shape index (κ2) is 4.16. The van der Waals surface area contributed by atoms with Crippen molar-refractivity contribution in [3.63, 3.8) is 0 Å². The number of carbonyl (C=O) groups is 2. The molecule has 0 saturated carbocycles. The number of alkyl halides is 2. The Balaban J connectivity index is 2.98. The molecule has 0 bridgehead atoms. The zero-order chi connectivity index (χ0) is 13.1. The predicted molar refractivity (Wildman–Crippen MR) is 69.2 cm³/mol. The molecule has 17 heavy (non-hydrogen) atoms. The van der Waals surface area contributed by atoms with Gasteiger partial charge in [0.1, 0.15) is 0 Å². The quantitative estimate of drug-likeness (QED) is 0.293. The SMILES string of the molecule is O=C1C(=O)C(Cl)(Cl)c2c(Cl)c(Cl)c(Cl)c(Cl)c21. The molecule has 2 nitrogen and oxygen atoms in total. The van der Waals surface area contributed by atoms with Crippen LogP contribution in [0.4, 0.5) is 0 Å². The summed E-state index contributed by atoms with van der Waals surface area (Å²) >= 11 is 34.9. The van der Waals surface area contributed by atoms with Crippen LogP contribution < -0.4 is 0 Å². The number of halogens is 6. The van der Waals surface area contributed by atoms with Gasteiger partial charge in [0, 0.05) is 5.56 Å². The molecular weight excluding hydrogens is 353 g/mol. The van der Waals surface area contributed by atoms with E-state index in [-0.39, 0.29) is 31.2 Å². The van der Waals surface area contributed by atoms with Gasteiger partial charge in [-0.05, 0) is 0 Å². The van der Waals surface area contributed by atoms with Crippen LogP contribution in [0.5, 0.6) is 0 Å². The minimum atomic E-state index is -2.08. The molecule has 0 radical (unpaired) electrons. The minimum absolute atomic E-state index is 0.106. The van der Waals surface area contributed by atoms with E-state index in [1.165, 1.54) is 0 Å². The third-order valence-corrected chi connectivity index (χ3v) is 4.82. The van der Waals surface area contributed by atoms with E-state index in [0.717, 1.165) is 0 Å². The van der Waals surface area contributed by atoms with Crippen molar-refractivity contribution in [2.45, 2.75) is 4.33 Å². The van der Waals surface area contributed by atoms with Crippen LogP contribution in [0.15, 0.2) is 0 Å². The number of hydrogen-bond acceptors (Lipinski definition) is 2. The van der Waals surface area contributed by atoms with E-state index >= 15 is 0 Å². The number of ketones is 2. The normalized spacial score (nSPS) is 17.5. The first-order valence-corrected chi connectivity index (χ1v) is 6.31. The summed E-state index contributed by atoms with van der Waals surface area (Å²) in [5.74, 6) is -1.96. The topological polar surface area (TPSA) is 34.1 Å². The van der Waals surface area contributed by atoms with E-state index in [1.807, 2.05) is 0 Å². The summed E-state index contributed by atoms with van der Waals surface area (Å²) in [5.41, 5.74) is -0.307. The lowest BCUT2D eigenvalue weighted by molar-refractivity contribution is -0.115. The van der Waals surface area contributed by atoms with Crippen molar-refractivity contribution in [2.24, 2.45) is 0 Å². The Morgan fingerprint density at radius 1 is 0.765 bits per heavy atom. The second-order valence-corrected chi connectivity index (χ2v) is 6.08. The first kappa shape index (κ1) is 13.7. The molecule has 0 atom stereocenters. The molecule has 0 unspecified atom stereocenters. The molecule has 90 valence electrons. The maximum atomic E-state index is 11.7. The van der Waals surface area contributed by atoms with Crippen molar-refractivity contribution in [3.05, 3.63) is 31.2 Å². The lowest BCUT2D eigenvalue weighted by Crippen LogP contribution is -2.21. The molecule has 1 aliphatic carbocycles.